The summed E-state index contributed by atoms with van der Waals surface area (Å²) in [5.74, 6) is 2.24. The average Bonchev–Trinajstić information content (AvgIpc) is 3.00. The Hall–Kier alpha value is -2.22. The molecular formula is C18H23N2O9P. The van der Waals surface area contributed by atoms with Gasteiger partial charge in [0.05, 0.1) is 20.3 Å². The van der Waals surface area contributed by atoms with E-state index in [2.05, 4.69) is 15.6 Å². The van der Waals surface area contributed by atoms with Crippen molar-refractivity contribution >= 4 is 13.8 Å². The lowest BCUT2D eigenvalue weighted by atomic mass is 9.83. The quantitative estimate of drug-likeness (QED) is 0.283. The number of rotatable bonds is 7. The van der Waals surface area contributed by atoms with Crippen LogP contribution in [-0.4, -0.2) is 48.1 Å². The number of methoxy groups -OCH3 is 1. The number of carbonyl (C=O) groups excluding carboxylic acids is 1. The van der Waals surface area contributed by atoms with Gasteiger partial charge < -0.3 is 9.47 Å². The molecule has 1 aromatic heterocycles. The standard InChI is InChI=1S/C18H23N2O9P/c1-4-18(2)15-12(28-16(18)20-9-8-13(21)19-17(20)23)11-27-30(24,29-15)26-10-6-5-7-14(22)25-3/h1,8-9,12,15-16H,5-7,10-11H2,2-3H3,(H,19,21,23)/t12-,15-,16-,18-,30?/m1/s1. The van der Waals surface area contributed by atoms with E-state index in [0.717, 1.165) is 4.57 Å². The van der Waals surface area contributed by atoms with Crippen LogP contribution in [0.4, 0.5) is 0 Å². The predicted octanol–water partition coefficient (Wildman–Crippen LogP) is 0.957. The molecule has 11 nitrogen and oxygen atoms in total. The van der Waals surface area contributed by atoms with E-state index in [4.69, 9.17) is 24.7 Å². The number of ether oxygens (including phenoxy) is 2. The summed E-state index contributed by atoms with van der Waals surface area (Å²) in [7, 11) is -2.62. The average molecular weight is 442 g/mol. The van der Waals surface area contributed by atoms with E-state index in [1.165, 1.54) is 19.4 Å². The van der Waals surface area contributed by atoms with Gasteiger partial charge >= 0.3 is 19.5 Å². The van der Waals surface area contributed by atoms with Crippen LogP contribution in [0.1, 0.15) is 32.4 Å². The van der Waals surface area contributed by atoms with Crippen LogP contribution in [0.3, 0.4) is 0 Å². The highest BCUT2D eigenvalue weighted by molar-refractivity contribution is 7.48. The van der Waals surface area contributed by atoms with Gasteiger partial charge in [0.1, 0.15) is 17.6 Å². The maximum atomic E-state index is 12.9. The molecule has 3 heterocycles. The molecule has 2 fully saturated rings. The van der Waals surface area contributed by atoms with Crippen LogP contribution in [0.25, 0.3) is 0 Å². The van der Waals surface area contributed by atoms with Gasteiger partial charge in [-0.1, -0.05) is 5.92 Å². The van der Waals surface area contributed by atoms with E-state index in [9.17, 15) is 18.9 Å². The molecule has 1 N–H and O–H groups in total. The molecule has 2 aliphatic heterocycles. The van der Waals surface area contributed by atoms with Crippen LogP contribution in [0.5, 0.6) is 0 Å². The number of nitrogens with one attached hydrogen (secondary N) is 1. The van der Waals surface area contributed by atoms with Crippen LogP contribution < -0.4 is 11.2 Å². The summed E-state index contributed by atoms with van der Waals surface area (Å²) in [6.45, 7) is 1.56. The van der Waals surface area contributed by atoms with Crippen molar-refractivity contribution in [3.8, 4) is 12.3 Å². The number of aromatic nitrogens is 2. The highest BCUT2D eigenvalue weighted by Crippen LogP contribution is 2.60. The lowest BCUT2D eigenvalue weighted by molar-refractivity contribution is -0.140. The number of terminal acetylenes is 1. The number of nitrogens with zero attached hydrogens (tertiary/aromatic N) is 1. The van der Waals surface area contributed by atoms with Crippen molar-refractivity contribution in [2.24, 2.45) is 5.41 Å². The van der Waals surface area contributed by atoms with Crippen molar-refractivity contribution < 1.29 is 32.4 Å². The van der Waals surface area contributed by atoms with Crippen LogP contribution in [0, 0.1) is 17.8 Å². The Morgan fingerprint density at radius 2 is 2.23 bits per heavy atom. The summed E-state index contributed by atoms with van der Waals surface area (Å²) in [4.78, 5) is 36.8. The van der Waals surface area contributed by atoms with Crippen molar-refractivity contribution in [3.05, 3.63) is 33.1 Å². The van der Waals surface area contributed by atoms with Crippen LogP contribution in [-0.2, 0) is 32.4 Å². The highest BCUT2D eigenvalue weighted by atomic mass is 31.2. The minimum Gasteiger partial charge on any atom is -0.469 e. The van der Waals surface area contributed by atoms with E-state index in [1.807, 2.05) is 0 Å². The molecule has 0 saturated carbocycles. The first kappa shape index (κ1) is 22.5. The number of phosphoric ester groups is 1. The molecule has 0 spiro atoms. The summed E-state index contributed by atoms with van der Waals surface area (Å²) < 4.78 is 40.7. The molecule has 12 heteroatoms. The Labute approximate surface area is 172 Å². The van der Waals surface area contributed by atoms with Crippen LogP contribution in [0.2, 0.25) is 0 Å². The monoisotopic (exact) mass is 442 g/mol. The van der Waals surface area contributed by atoms with Gasteiger partial charge in [-0.15, -0.1) is 6.42 Å². The molecule has 1 aromatic rings. The fourth-order valence-electron chi connectivity index (χ4n) is 3.38. The zero-order chi connectivity index (χ0) is 21.9. The molecule has 30 heavy (non-hydrogen) atoms. The number of unbranched alkanes of at least 4 members (excludes halogenated alkanes) is 1. The van der Waals surface area contributed by atoms with Gasteiger partial charge in [0.2, 0.25) is 0 Å². The highest BCUT2D eigenvalue weighted by Gasteiger charge is 2.60. The Kier molecular flexibility index (Phi) is 6.65. The Bertz CT molecular complexity index is 996. The molecular weight excluding hydrogens is 419 g/mol. The second-order valence-corrected chi connectivity index (χ2v) is 8.73. The number of esters is 1. The zero-order valence-corrected chi connectivity index (χ0v) is 17.5. The molecule has 0 bridgehead atoms. The second kappa shape index (κ2) is 8.88. The van der Waals surface area contributed by atoms with Crippen LogP contribution >= 0.6 is 7.82 Å². The van der Waals surface area contributed by atoms with Crippen molar-refractivity contribution in [2.75, 3.05) is 20.3 Å². The number of fused-ring (bicyclic) bond motifs is 1. The Balaban J connectivity index is 1.70. The second-order valence-electron chi connectivity index (χ2n) is 7.11. The van der Waals surface area contributed by atoms with Gasteiger partial charge in [-0.25, -0.2) is 9.36 Å². The smallest absolute Gasteiger partial charge is 0.469 e. The maximum Gasteiger partial charge on any atom is 0.475 e. The predicted molar refractivity (Wildman–Crippen MR) is 102 cm³/mol. The molecule has 2 aliphatic rings. The van der Waals surface area contributed by atoms with E-state index in [1.54, 1.807) is 6.92 Å². The van der Waals surface area contributed by atoms with Crippen molar-refractivity contribution in [1.29, 1.82) is 0 Å². The van der Waals surface area contributed by atoms with Crippen molar-refractivity contribution in [1.82, 2.24) is 9.55 Å². The maximum absolute atomic E-state index is 12.9. The molecule has 1 unspecified atom stereocenters. The van der Waals surface area contributed by atoms with Crippen molar-refractivity contribution in [2.45, 2.75) is 44.6 Å². The normalized spacial score (nSPS) is 32.9. The first-order valence-corrected chi connectivity index (χ1v) is 10.8. The zero-order valence-electron chi connectivity index (χ0n) is 16.6. The molecule has 0 amide bonds. The molecule has 0 aliphatic carbocycles. The van der Waals surface area contributed by atoms with E-state index in [0.29, 0.717) is 12.8 Å². The SMILES string of the molecule is C#C[C@]1(C)[C@@H]2OP(=O)(OCCCCC(=O)OC)OC[C@H]2O[C@H]1n1ccc(=O)[nH]c1=O. The van der Waals surface area contributed by atoms with E-state index in [-0.39, 0.29) is 25.6 Å². The summed E-state index contributed by atoms with van der Waals surface area (Å²) in [6.07, 6.45) is 5.62. The van der Waals surface area contributed by atoms with Crippen molar-refractivity contribution in [3.63, 3.8) is 0 Å². The molecule has 5 atom stereocenters. The third-order valence-corrected chi connectivity index (χ3v) is 6.50. The molecule has 3 rings (SSSR count). The van der Waals surface area contributed by atoms with E-state index < -0.39 is 42.9 Å². The van der Waals surface area contributed by atoms with Crippen LogP contribution in [0.15, 0.2) is 21.9 Å². The lowest BCUT2D eigenvalue weighted by Crippen LogP contribution is -2.43. The minimum atomic E-state index is -3.92. The van der Waals surface area contributed by atoms with Gasteiger partial charge in [0.15, 0.2) is 6.23 Å². The third-order valence-electron chi connectivity index (χ3n) is 5.05. The van der Waals surface area contributed by atoms with Gasteiger partial charge in [-0.3, -0.25) is 32.7 Å². The fourth-order valence-corrected chi connectivity index (χ4v) is 4.89. The number of hydrogen-bond donors (Lipinski definition) is 1. The molecule has 0 aromatic carbocycles. The summed E-state index contributed by atoms with van der Waals surface area (Å²) in [6, 6.07) is 1.17. The van der Waals surface area contributed by atoms with Gasteiger partial charge in [-0.2, -0.15) is 0 Å². The van der Waals surface area contributed by atoms with Gasteiger partial charge in [0.25, 0.3) is 5.56 Å². The number of H-pyrrole nitrogens is 1. The third kappa shape index (κ3) is 4.43. The largest absolute Gasteiger partial charge is 0.475 e. The molecule has 2 saturated heterocycles. The van der Waals surface area contributed by atoms with Gasteiger partial charge in [-0.05, 0) is 19.8 Å². The first-order valence-electron chi connectivity index (χ1n) is 9.31. The molecule has 164 valence electrons. The number of aromatic amines is 1. The molecule has 0 radical (unpaired) electrons. The first-order chi connectivity index (χ1) is 14.2. The number of phosphoric acid groups is 1. The Morgan fingerprint density at radius 1 is 1.47 bits per heavy atom. The van der Waals surface area contributed by atoms with E-state index >= 15 is 0 Å². The number of carbonyl (C=O) groups is 1. The topological polar surface area (TPSA) is 135 Å². The fraction of sp³-hybridized carbons (Fsp3) is 0.611. The van der Waals surface area contributed by atoms with Gasteiger partial charge in [0, 0.05) is 18.7 Å². The number of hydrogen-bond acceptors (Lipinski definition) is 9. The Morgan fingerprint density at radius 3 is 2.90 bits per heavy atom. The summed E-state index contributed by atoms with van der Waals surface area (Å²) in [5, 5.41) is 0. The minimum absolute atomic E-state index is 0.0437. The lowest BCUT2D eigenvalue weighted by Gasteiger charge is -2.35. The summed E-state index contributed by atoms with van der Waals surface area (Å²) in [5.41, 5.74) is -2.45. The summed E-state index contributed by atoms with van der Waals surface area (Å²) >= 11 is 0.